The highest BCUT2D eigenvalue weighted by molar-refractivity contribution is 9.10. The molecule has 1 saturated heterocycles. The summed E-state index contributed by atoms with van der Waals surface area (Å²) in [4.78, 5) is 1.69. The lowest BCUT2D eigenvalue weighted by atomic mass is 10.0. The minimum absolute atomic E-state index is 0. The molecule has 2 rings (SSSR count). The first-order valence-corrected chi connectivity index (χ1v) is 7.12. The third kappa shape index (κ3) is 6.20. The van der Waals surface area contributed by atoms with Crippen LogP contribution in [0, 0.1) is 5.82 Å². The second kappa shape index (κ2) is 9.27. The molecule has 1 aromatic carbocycles. The van der Waals surface area contributed by atoms with Gasteiger partial charge in [-0.2, -0.15) is 13.2 Å². The molecule has 0 radical (unpaired) electrons. The van der Waals surface area contributed by atoms with Gasteiger partial charge in [0.05, 0.1) is 6.42 Å². The number of benzene rings is 1. The van der Waals surface area contributed by atoms with Crippen LogP contribution >= 0.6 is 40.7 Å². The van der Waals surface area contributed by atoms with Crippen LogP contribution in [0.5, 0.6) is 0 Å². The molecule has 0 saturated carbocycles. The Kier molecular flexibility index (Phi) is 9.24. The lowest BCUT2D eigenvalue weighted by molar-refractivity contribution is -0.149. The van der Waals surface area contributed by atoms with E-state index in [1.165, 1.54) is 12.1 Å². The summed E-state index contributed by atoms with van der Waals surface area (Å²) in [5.41, 5.74) is 0.104. The Morgan fingerprint density at radius 3 is 2.27 bits per heavy atom. The highest BCUT2D eigenvalue weighted by Crippen LogP contribution is 2.35. The predicted molar refractivity (Wildman–Crippen MR) is 86.5 cm³/mol. The van der Waals surface area contributed by atoms with Crippen LogP contribution in [0.1, 0.15) is 18.0 Å². The minimum Gasteiger partial charge on any atom is -0.314 e. The van der Waals surface area contributed by atoms with Crippen molar-refractivity contribution >= 4 is 40.7 Å². The Bertz CT molecular complexity index is 468. The van der Waals surface area contributed by atoms with Crippen molar-refractivity contribution in [2.24, 2.45) is 0 Å². The van der Waals surface area contributed by atoms with Gasteiger partial charge in [-0.15, -0.1) is 24.8 Å². The number of nitrogens with zero attached hydrogens (tertiary/aromatic N) is 1. The van der Waals surface area contributed by atoms with Crippen molar-refractivity contribution in [2.75, 3.05) is 26.2 Å². The number of halogens is 7. The maximum atomic E-state index is 14.0. The second-order valence-electron chi connectivity index (χ2n) is 4.79. The summed E-state index contributed by atoms with van der Waals surface area (Å²) in [5, 5.41) is 3.08. The quantitative estimate of drug-likeness (QED) is 0.722. The van der Waals surface area contributed by atoms with E-state index in [4.69, 9.17) is 0 Å². The van der Waals surface area contributed by atoms with Crippen molar-refractivity contribution in [2.45, 2.75) is 18.6 Å². The number of rotatable bonds is 3. The molecular weight excluding hydrogens is 411 g/mol. The van der Waals surface area contributed by atoms with Gasteiger partial charge in [-0.1, -0.05) is 22.0 Å². The summed E-state index contributed by atoms with van der Waals surface area (Å²) in [7, 11) is 0. The largest absolute Gasteiger partial charge is 0.390 e. The zero-order valence-electron chi connectivity index (χ0n) is 11.5. The Balaban J connectivity index is 0.00000220. The topological polar surface area (TPSA) is 15.3 Å². The van der Waals surface area contributed by atoms with Crippen LogP contribution in [0.4, 0.5) is 17.6 Å². The third-order valence-corrected chi connectivity index (χ3v) is 3.83. The molecular formula is C13H17BrCl2F4N2. The molecule has 22 heavy (non-hydrogen) atoms. The molecule has 9 heteroatoms. The normalized spacial score (nSPS) is 17.3. The van der Waals surface area contributed by atoms with Crippen molar-refractivity contribution in [1.82, 2.24) is 10.2 Å². The molecule has 1 atom stereocenters. The lowest BCUT2D eigenvalue weighted by Gasteiger charge is -2.35. The predicted octanol–water partition coefficient (Wildman–Crippen LogP) is 4.33. The molecule has 0 aromatic heterocycles. The fourth-order valence-corrected chi connectivity index (χ4v) is 2.75. The van der Waals surface area contributed by atoms with E-state index in [9.17, 15) is 17.6 Å². The van der Waals surface area contributed by atoms with Crippen molar-refractivity contribution in [1.29, 1.82) is 0 Å². The summed E-state index contributed by atoms with van der Waals surface area (Å²) in [6, 6.07) is 3.24. The van der Waals surface area contributed by atoms with Gasteiger partial charge in [0, 0.05) is 42.3 Å². The van der Waals surface area contributed by atoms with Crippen LogP contribution in [-0.4, -0.2) is 37.3 Å². The van der Waals surface area contributed by atoms with Gasteiger partial charge in [0.15, 0.2) is 0 Å². The molecule has 2 nitrogen and oxygen atoms in total. The lowest BCUT2D eigenvalue weighted by Crippen LogP contribution is -2.46. The van der Waals surface area contributed by atoms with Crippen LogP contribution in [0.15, 0.2) is 22.7 Å². The Morgan fingerprint density at radius 1 is 1.18 bits per heavy atom. The van der Waals surface area contributed by atoms with Gasteiger partial charge in [-0.25, -0.2) is 4.39 Å². The van der Waals surface area contributed by atoms with Crippen LogP contribution < -0.4 is 5.32 Å². The van der Waals surface area contributed by atoms with E-state index in [0.717, 1.165) is 0 Å². The van der Waals surface area contributed by atoms with E-state index in [1.54, 1.807) is 11.0 Å². The molecule has 1 fully saturated rings. The maximum Gasteiger partial charge on any atom is 0.390 e. The molecule has 0 spiro atoms. The van der Waals surface area contributed by atoms with E-state index < -0.39 is 24.5 Å². The summed E-state index contributed by atoms with van der Waals surface area (Å²) in [5.74, 6) is -0.604. The number of hydrogen-bond donors (Lipinski definition) is 1. The standard InChI is InChI=1S/C13H15BrF4N2.2ClH/c14-9-1-2-10(11(15)7-9)12(8-13(16,17)18)20-5-3-19-4-6-20;;/h1-2,7,12,19H,3-6,8H2;2*1H/t12-;;/m0../s1. The van der Waals surface area contributed by atoms with Gasteiger partial charge in [0.1, 0.15) is 5.82 Å². The Labute approximate surface area is 147 Å². The summed E-state index contributed by atoms with van der Waals surface area (Å²) < 4.78 is 52.9. The Hall–Kier alpha value is -0.0800. The van der Waals surface area contributed by atoms with E-state index in [0.29, 0.717) is 30.7 Å². The monoisotopic (exact) mass is 426 g/mol. The van der Waals surface area contributed by atoms with Crippen molar-refractivity contribution in [3.05, 3.63) is 34.1 Å². The summed E-state index contributed by atoms with van der Waals surface area (Å²) >= 11 is 3.12. The van der Waals surface area contributed by atoms with Crippen LogP contribution in [0.2, 0.25) is 0 Å². The average Bonchev–Trinajstić information content (AvgIpc) is 2.36. The zero-order valence-corrected chi connectivity index (χ0v) is 14.7. The number of piperazine rings is 1. The molecule has 0 bridgehead atoms. The van der Waals surface area contributed by atoms with E-state index in [-0.39, 0.29) is 30.4 Å². The molecule has 128 valence electrons. The first-order valence-electron chi connectivity index (χ1n) is 6.33. The van der Waals surface area contributed by atoms with E-state index >= 15 is 0 Å². The second-order valence-corrected chi connectivity index (χ2v) is 5.70. The smallest absolute Gasteiger partial charge is 0.314 e. The molecule has 0 amide bonds. The number of alkyl halides is 3. The van der Waals surface area contributed by atoms with Gasteiger partial charge in [0.25, 0.3) is 0 Å². The van der Waals surface area contributed by atoms with Gasteiger partial charge in [-0.3, -0.25) is 4.90 Å². The van der Waals surface area contributed by atoms with E-state index in [2.05, 4.69) is 21.2 Å². The number of hydrogen-bond acceptors (Lipinski definition) is 2. The van der Waals surface area contributed by atoms with Crippen molar-refractivity contribution < 1.29 is 17.6 Å². The zero-order chi connectivity index (χ0) is 14.8. The van der Waals surface area contributed by atoms with Crippen LogP contribution in [-0.2, 0) is 0 Å². The van der Waals surface area contributed by atoms with Crippen LogP contribution in [0.3, 0.4) is 0 Å². The molecule has 1 aliphatic heterocycles. The Morgan fingerprint density at radius 2 is 1.77 bits per heavy atom. The molecule has 0 aliphatic carbocycles. The highest BCUT2D eigenvalue weighted by atomic mass is 79.9. The first-order chi connectivity index (χ1) is 9.37. The fraction of sp³-hybridized carbons (Fsp3) is 0.538. The molecule has 1 aromatic rings. The third-order valence-electron chi connectivity index (χ3n) is 3.34. The van der Waals surface area contributed by atoms with E-state index in [1.807, 2.05) is 0 Å². The molecule has 1 heterocycles. The molecule has 0 unspecified atom stereocenters. The highest BCUT2D eigenvalue weighted by Gasteiger charge is 2.37. The van der Waals surface area contributed by atoms with Crippen molar-refractivity contribution in [3.63, 3.8) is 0 Å². The SMILES string of the molecule is Cl.Cl.Fc1cc(Br)ccc1[C@H](CC(F)(F)F)N1CCNCC1. The van der Waals surface area contributed by atoms with Crippen molar-refractivity contribution in [3.8, 4) is 0 Å². The first kappa shape index (κ1) is 21.9. The van der Waals surface area contributed by atoms with Gasteiger partial charge in [0.2, 0.25) is 0 Å². The number of nitrogens with one attached hydrogen (secondary N) is 1. The molecule has 1 N–H and O–H groups in total. The summed E-state index contributed by atoms with van der Waals surface area (Å²) in [6.45, 7) is 2.20. The van der Waals surface area contributed by atoms with Gasteiger partial charge < -0.3 is 5.32 Å². The molecule has 1 aliphatic rings. The maximum absolute atomic E-state index is 14.0. The summed E-state index contributed by atoms with van der Waals surface area (Å²) in [6.07, 6.45) is -5.36. The van der Waals surface area contributed by atoms with Crippen LogP contribution in [0.25, 0.3) is 0 Å². The average molecular weight is 428 g/mol. The van der Waals surface area contributed by atoms with Gasteiger partial charge in [-0.05, 0) is 12.1 Å². The minimum atomic E-state index is -4.32. The fourth-order valence-electron chi connectivity index (χ4n) is 2.42. The van der Waals surface area contributed by atoms with Gasteiger partial charge >= 0.3 is 6.18 Å².